The van der Waals surface area contributed by atoms with Gasteiger partial charge in [-0.3, -0.25) is 9.78 Å². The fourth-order valence-corrected chi connectivity index (χ4v) is 3.56. The second-order valence-corrected chi connectivity index (χ2v) is 7.41. The van der Waals surface area contributed by atoms with E-state index in [9.17, 15) is 27.2 Å². The Kier molecular flexibility index (Phi) is 5.94. The van der Waals surface area contributed by atoms with Gasteiger partial charge < -0.3 is 10.2 Å². The summed E-state index contributed by atoms with van der Waals surface area (Å²) in [5.74, 6) is -3.46. The van der Waals surface area contributed by atoms with Gasteiger partial charge >= 0.3 is 12.1 Å². The number of hydrogen-bond acceptors (Lipinski definition) is 4. The second kappa shape index (κ2) is 8.70. The summed E-state index contributed by atoms with van der Waals surface area (Å²) in [4.78, 5) is 32.5. The quantitative estimate of drug-likeness (QED) is 0.566. The van der Waals surface area contributed by atoms with Gasteiger partial charge in [0.2, 0.25) is 0 Å². The van der Waals surface area contributed by atoms with Crippen LogP contribution in [0.4, 0.5) is 17.6 Å². The van der Waals surface area contributed by atoms with Crippen LogP contribution in [0.3, 0.4) is 0 Å². The van der Waals surface area contributed by atoms with Gasteiger partial charge in [0.1, 0.15) is 5.82 Å². The van der Waals surface area contributed by atoms with Crippen LogP contribution in [-0.4, -0.2) is 34.3 Å². The van der Waals surface area contributed by atoms with E-state index in [1.807, 2.05) is 0 Å². The lowest BCUT2D eigenvalue weighted by Gasteiger charge is -2.17. The molecule has 0 unspecified atom stereocenters. The number of carbonyl (C=O) groups excluding carboxylic acids is 2. The van der Waals surface area contributed by atoms with Crippen LogP contribution in [0.1, 0.15) is 27.3 Å². The monoisotopic (exact) mass is 479 g/mol. The van der Waals surface area contributed by atoms with Crippen molar-refractivity contribution in [3.05, 3.63) is 75.9 Å². The summed E-state index contributed by atoms with van der Waals surface area (Å²) in [5.41, 5.74) is 1.07. The summed E-state index contributed by atoms with van der Waals surface area (Å²) in [6.07, 6.45) is -0.813. The zero-order chi connectivity index (χ0) is 23.8. The number of halogens is 5. The smallest absolute Gasteiger partial charge is 0.352 e. The van der Waals surface area contributed by atoms with E-state index in [0.717, 1.165) is 4.73 Å². The molecular formula is C22H14ClF4N3O3. The number of nitrogens with one attached hydrogen (secondary N) is 1. The topological polar surface area (TPSA) is 73.2 Å². The van der Waals surface area contributed by atoms with Crippen LogP contribution < -0.4 is 10.2 Å². The van der Waals surface area contributed by atoms with Crippen molar-refractivity contribution in [2.75, 3.05) is 6.54 Å². The number of rotatable bonds is 4. The van der Waals surface area contributed by atoms with Gasteiger partial charge in [0.15, 0.2) is 0 Å². The van der Waals surface area contributed by atoms with Crippen molar-refractivity contribution in [3.63, 3.8) is 0 Å². The summed E-state index contributed by atoms with van der Waals surface area (Å²) in [6, 6.07) is 8.52. The molecule has 170 valence electrons. The number of benzene rings is 1. The van der Waals surface area contributed by atoms with E-state index < -0.39 is 23.9 Å². The molecule has 1 aromatic carbocycles. The number of pyridine rings is 1. The first-order valence-electron chi connectivity index (χ1n) is 9.56. The fraction of sp³-hybridized carbons (Fsp3) is 0.136. The Labute approximate surface area is 189 Å². The standard InChI is InChI=1S/C22H14ClF4N3O3/c23-16-2-1-3-17(24)14(16)5-4-13-10-12(6-8-28-13)19-11-15-18(7-9-29-20(15)31)30(19)33-21(32)22(25,26)27/h1-6,8,10-11H,7,9H2,(H,29,31). The summed E-state index contributed by atoms with van der Waals surface area (Å²) < 4.78 is 53.3. The Morgan fingerprint density at radius 1 is 1.21 bits per heavy atom. The molecule has 0 radical (unpaired) electrons. The van der Waals surface area contributed by atoms with Crippen molar-refractivity contribution in [2.24, 2.45) is 0 Å². The maximum absolute atomic E-state index is 14.0. The van der Waals surface area contributed by atoms with Gasteiger partial charge in [0.25, 0.3) is 5.91 Å². The third kappa shape index (κ3) is 4.61. The number of fused-ring (bicyclic) bond motifs is 1. The van der Waals surface area contributed by atoms with Gasteiger partial charge in [-0.1, -0.05) is 17.7 Å². The average molecular weight is 480 g/mol. The molecule has 3 heterocycles. The molecule has 33 heavy (non-hydrogen) atoms. The summed E-state index contributed by atoms with van der Waals surface area (Å²) in [5, 5.41) is 2.78. The number of aromatic nitrogens is 2. The third-order valence-corrected chi connectivity index (χ3v) is 5.18. The van der Waals surface area contributed by atoms with Gasteiger partial charge in [-0.15, -0.1) is 0 Å². The van der Waals surface area contributed by atoms with Crippen molar-refractivity contribution in [1.29, 1.82) is 0 Å². The molecule has 0 fully saturated rings. The lowest BCUT2D eigenvalue weighted by molar-refractivity contribution is -0.199. The van der Waals surface area contributed by atoms with Crippen LogP contribution in [0.25, 0.3) is 23.4 Å². The Bertz CT molecular complexity index is 1260. The van der Waals surface area contributed by atoms with E-state index >= 15 is 0 Å². The highest BCUT2D eigenvalue weighted by Crippen LogP contribution is 2.29. The molecule has 0 spiro atoms. The predicted molar refractivity (Wildman–Crippen MR) is 112 cm³/mol. The highest BCUT2D eigenvalue weighted by atomic mass is 35.5. The minimum absolute atomic E-state index is 0.0515. The van der Waals surface area contributed by atoms with Gasteiger partial charge in [0, 0.05) is 30.3 Å². The van der Waals surface area contributed by atoms with Gasteiger partial charge in [-0.05, 0) is 42.5 Å². The largest absolute Gasteiger partial charge is 0.493 e. The molecule has 0 aliphatic carbocycles. The second-order valence-electron chi connectivity index (χ2n) is 7.00. The Hall–Kier alpha value is -3.66. The molecule has 0 saturated carbocycles. The van der Waals surface area contributed by atoms with Gasteiger partial charge in [0.05, 0.1) is 27.7 Å². The van der Waals surface area contributed by atoms with Crippen LogP contribution in [0.5, 0.6) is 0 Å². The maximum Gasteiger partial charge on any atom is 0.493 e. The molecule has 1 aliphatic rings. The minimum atomic E-state index is -5.23. The van der Waals surface area contributed by atoms with E-state index in [1.54, 1.807) is 0 Å². The highest BCUT2D eigenvalue weighted by molar-refractivity contribution is 6.32. The molecule has 1 aliphatic heterocycles. The predicted octanol–water partition coefficient (Wildman–Crippen LogP) is 4.32. The van der Waals surface area contributed by atoms with Crippen molar-refractivity contribution >= 4 is 35.6 Å². The lowest BCUT2D eigenvalue weighted by Crippen LogP contribution is -2.37. The molecule has 2 aromatic heterocycles. The van der Waals surface area contributed by atoms with Crippen LogP contribution in [-0.2, 0) is 11.2 Å². The zero-order valence-corrected chi connectivity index (χ0v) is 17.4. The molecule has 0 bridgehead atoms. The van der Waals surface area contributed by atoms with Crippen LogP contribution in [0.15, 0.2) is 42.6 Å². The van der Waals surface area contributed by atoms with Gasteiger partial charge in [-0.25, -0.2) is 9.18 Å². The van der Waals surface area contributed by atoms with Crippen LogP contribution >= 0.6 is 11.6 Å². The Morgan fingerprint density at radius 2 is 2.00 bits per heavy atom. The number of nitrogens with zero attached hydrogens (tertiary/aromatic N) is 2. The minimum Gasteiger partial charge on any atom is -0.352 e. The molecule has 6 nitrogen and oxygen atoms in total. The van der Waals surface area contributed by atoms with Crippen molar-refractivity contribution < 1.29 is 32.0 Å². The molecule has 1 amide bonds. The molecule has 0 atom stereocenters. The number of amides is 1. The van der Waals surface area contributed by atoms with E-state index in [0.29, 0.717) is 11.3 Å². The van der Waals surface area contributed by atoms with Crippen LogP contribution in [0, 0.1) is 5.82 Å². The average Bonchev–Trinajstić information content (AvgIpc) is 3.13. The maximum atomic E-state index is 14.0. The molecule has 1 N–H and O–H groups in total. The first-order valence-corrected chi connectivity index (χ1v) is 9.94. The van der Waals surface area contributed by atoms with E-state index in [1.165, 1.54) is 54.7 Å². The van der Waals surface area contributed by atoms with Crippen molar-refractivity contribution in [3.8, 4) is 11.3 Å². The number of alkyl halides is 3. The normalized spacial score (nSPS) is 13.7. The van der Waals surface area contributed by atoms with Gasteiger partial charge in [-0.2, -0.15) is 17.9 Å². The summed E-state index contributed by atoms with van der Waals surface area (Å²) in [6.45, 7) is 0.173. The van der Waals surface area contributed by atoms with Crippen molar-refractivity contribution in [2.45, 2.75) is 12.6 Å². The van der Waals surface area contributed by atoms with E-state index in [4.69, 9.17) is 11.6 Å². The number of carbonyl (C=O) groups is 2. The first kappa shape index (κ1) is 22.5. The van der Waals surface area contributed by atoms with E-state index in [-0.39, 0.29) is 40.5 Å². The highest BCUT2D eigenvalue weighted by Gasteiger charge is 2.43. The molecule has 0 saturated heterocycles. The molecule has 3 aromatic rings. The lowest BCUT2D eigenvalue weighted by atomic mass is 10.1. The Morgan fingerprint density at radius 3 is 2.73 bits per heavy atom. The summed E-state index contributed by atoms with van der Waals surface area (Å²) in [7, 11) is 0. The SMILES string of the molecule is O=C1NCCc2c1cc(-c1ccnc(C=Cc3c(F)cccc3Cl)c1)n2OC(=O)C(F)(F)F. The number of hydrogen-bond donors (Lipinski definition) is 1. The molecule has 4 rings (SSSR count). The Balaban J connectivity index is 1.75. The van der Waals surface area contributed by atoms with Crippen LogP contribution in [0.2, 0.25) is 5.02 Å². The zero-order valence-electron chi connectivity index (χ0n) is 16.6. The third-order valence-electron chi connectivity index (χ3n) is 4.85. The summed E-state index contributed by atoms with van der Waals surface area (Å²) >= 11 is 6.01. The molecule has 11 heteroatoms. The molecular weight excluding hydrogens is 466 g/mol. The van der Waals surface area contributed by atoms with E-state index in [2.05, 4.69) is 15.1 Å². The van der Waals surface area contributed by atoms with Crippen molar-refractivity contribution in [1.82, 2.24) is 15.0 Å². The fourth-order valence-electron chi connectivity index (χ4n) is 3.33. The first-order chi connectivity index (χ1) is 15.6.